The summed E-state index contributed by atoms with van der Waals surface area (Å²) in [6.07, 6.45) is 6.72. The van der Waals surface area contributed by atoms with Crippen LogP contribution in [-0.2, 0) is 0 Å². The van der Waals surface area contributed by atoms with Gasteiger partial charge in [-0.3, -0.25) is 0 Å². The molecule has 0 atom stereocenters. The van der Waals surface area contributed by atoms with Crippen LogP contribution < -0.4 is 4.74 Å². The van der Waals surface area contributed by atoms with Crippen LogP contribution >= 0.6 is 34.4 Å². The molecule has 0 saturated heterocycles. The molecule has 0 bridgehead atoms. The summed E-state index contributed by atoms with van der Waals surface area (Å²) in [6.45, 7) is 0. The first-order valence-electron chi connectivity index (χ1n) is 4.16. The van der Waals surface area contributed by atoms with E-state index in [2.05, 4.69) is 33.8 Å². The molecule has 2 nitrogen and oxygen atoms in total. The third-order valence-electron chi connectivity index (χ3n) is 1.85. The summed E-state index contributed by atoms with van der Waals surface area (Å²) in [5, 5.41) is 0. The van der Waals surface area contributed by atoms with Crippen molar-refractivity contribution < 1.29 is 4.74 Å². The molecule has 70 valence electrons. The number of hydrogen-bond donors (Lipinski definition) is 0. The van der Waals surface area contributed by atoms with Gasteiger partial charge in [0.05, 0.1) is 11.0 Å². The van der Waals surface area contributed by atoms with Gasteiger partial charge in [-0.1, -0.05) is 0 Å². The number of hydrogen-bond acceptors (Lipinski definition) is 3. The van der Waals surface area contributed by atoms with Crippen molar-refractivity contribution in [3.05, 3.63) is 16.0 Å². The van der Waals surface area contributed by atoms with Crippen molar-refractivity contribution in [3.8, 4) is 5.75 Å². The molecule has 4 heteroatoms. The van der Waals surface area contributed by atoms with Crippen LogP contribution in [-0.4, -0.2) is 17.3 Å². The van der Waals surface area contributed by atoms with Gasteiger partial charge in [0.25, 0.3) is 0 Å². The molecule has 0 unspecified atom stereocenters. The quantitative estimate of drug-likeness (QED) is 0.487. The largest absolute Gasteiger partial charge is 0.486 e. The van der Waals surface area contributed by atoms with Crippen LogP contribution in [0.25, 0.3) is 0 Å². The molecular weight excluding hydrogens is 297 g/mol. The Kier molecular flexibility index (Phi) is 2.98. The van der Waals surface area contributed by atoms with E-state index in [9.17, 15) is 0 Å². The second-order valence-electron chi connectivity index (χ2n) is 2.95. The lowest BCUT2D eigenvalue weighted by Crippen LogP contribution is -2.00. The van der Waals surface area contributed by atoms with E-state index in [1.807, 2.05) is 12.3 Å². The van der Waals surface area contributed by atoms with Crippen molar-refractivity contribution in [2.75, 3.05) is 6.26 Å². The zero-order chi connectivity index (χ0) is 9.26. The molecule has 1 fully saturated rings. The minimum Gasteiger partial charge on any atom is -0.486 e. The van der Waals surface area contributed by atoms with Gasteiger partial charge in [0.2, 0.25) is 0 Å². The highest BCUT2D eigenvalue weighted by Gasteiger charge is 2.25. The van der Waals surface area contributed by atoms with Gasteiger partial charge in [-0.05, 0) is 47.8 Å². The van der Waals surface area contributed by atoms with Crippen LogP contribution in [0.3, 0.4) is 0 Å². The molecule has 0 N–H and O–H groups in total. The fourth-order valence-electron chi connectivity index (χ4n) is 1.03. The number of rotatable bonds is 3. The first kappa shape index (κ1) is 9.58. The first-order valence-corrected chi connectivity index (χ1v) is 6.46. The number of nitrogens with zero attached hydrogens (tertiary/aromatic N) is 1. The highest BCUT2D eigenvalue weighted by Crippen LogP contribution is 2.35. The molecule has 1 saturated carbocycles. The zero-order valence-electron chi connectivity index (χ0n) is 7.29. The third kappa shape index (κ3) is 2.28. The lowest BCUT2D eigenvalue weighted by atomic mass is 10.4. The minimum atomic E-state index is 0.448. The lowest BCUT2D eigenvalue weighted by molar-refractivity contribution is 0.292. The van der Waals surface area contributed by atoms with E-state index in [1.165, 1.54) is 17.7 Å². The van der Waals surface area contributed by atoms with E-state index in [0.29, 0.717) is 6.10 Å². The van der Waals surface area contributed by atoms with Crippen LogP contribution in [0, 0.1) is 3.70 Å². The number of ether oxygens (including phenoxy) is 1. The van der Waals surface area contributed by atoms with E-state index in [4.69, 9.17) is 4.74 Å². The topological polar surface area (TPSA) is 22.1 Å². The smallest absolute Gasteiger partial charge is 0.165 e. The standard InChI is InChI=1S/C9H10INOS/c1-13-7-4-5-11-9(10)8(7)12-6-2-3-6/h4-6H,2-3H2,1H3. The first-order chi connectivity index (χ1) is 6.31. The van der Waals surface area contributed by atoms with Gasteiger partial charge in [-0.15, -0.1) is 11.8 Å². The Hall–Kier alpha value is 0.0300. The lowest BCUT2D eigenvalue weighted by Gasteiger charge is -2.09. The minimum absolute atomic E-state index is 0.448. The Morgan fingerprint density at radius 2 is 2.38 bits per heavy atom. The Morgan fingerprint density at radius 1 is 1.62 bits per heavy atom. The average Bonchev–Trinajstić information content (AvgIpc) is 2.92. The summed E-state index contributed by atoms with van der Waals surface area (Å²) in [5.74, 6) is 0.970. The van der Waals surface area contributed by atoms with Crippen molar-refractivity contribution in [2.24, 2.45) is 0 Å². The summed E-state index contributed by atoms with van der Waals surface area (Å²) in [4.78, 5) is 5.40. The molecule has 1 aromatic rings. The van der Waals surface area contributed by atoms with Gasteiger partial charge >= 0.3 is 0 Å². The highest BCUT2D eigenvalue weighted by molar-refractivity contribution is 14.1. The van der Waals surface area contributed by atoms with Gasteiger partial charge < -0.3 is 4.74 Å². The van der Waals surface area contributed by atoms with Gasteiger partial charge in [-0.25, -0.2) is 4.98 Å². The van der Waals surface area contributed by atoms with E-state index in [-0.39, 0.29) is 0 Å². The summed E-state index contributed by atoms with van der Waals surface area (Å²) >= 11 is 3.93. The molecule has 2 rings (SSSR count). The Labute approximate surface area is 95.6 Å². The van der Waals surface area contributed by atoms with E-state index in [1.54, 1.807) is 11.8 Å². The molecular formula is C9H10INOS. The summed E-state index contributed by atoms with van der Waals surface area (Å²) < 4.78 is 6.76. The third-order valence-corrected chi connectivity index (χ3v) is 3.38. The molecule has 0 amide bonds. The monoisotopic (exact) mass is 307 g/mol. The maximum absolute atomic E-state index is 5.79. The van der Waals surface area contributed by atoms with Crippen molar-refractivity contribution in [1.82, 2.24) is 4.98 Å². The highest BCUT2D eigenvalue weighted by atomic mass is 127. The van der Waals surface area contributed by atoms with Crippen LogP contribution in [0.1, 0.15) is 12.8 Å². The van der Waals surface area contributed by atoms with Crippen molar-refractivity contribution in [3.63, 3.8) is 0 Å². The average molecular weight is 307 g/mol. The molecule has 0 radical (unpaired) electrons. The molecule has 0 aromatic carbocycles. The summed E-state index contributed by atoms with van der Waals surface area (Å²) in [6, 6.07) is 2.00. The van der Waals surface area contributed by atoms with Crippen molar-refractivity contribution in [2.45, 2.75) is 23.8 Å². The number of pyridine rings is 1. The summed E-state index contributed by atoms with van der Waals surface area (Å²) in [7, 11) is 0. The van der Waals surface area contributed by atoms with Crippen molar-refractivity contribution >= 4 is 34.4 Å². The number of halogens is 1. The SMILES string of the molecule is CSc1ccnc(I)c1OC1CC1. The molecule has 1 aromatic heterocycles. The maximum Gasteiger partial charge on any atom is 0.165 e. The predicted octanol–water partition coefficient (Wildman–Crippen LogP) is 2.95. The molecule has 1 heterocycles. The second kappa shape index (κ2) is 4.04. The molecule has 0 aliphatic heterocycles. The number of thioether (sulfide) groups is 1. The van der Waals surface area contributed by atoms with E-state index in [0.717, 1.165) is 9.45 Å². The maximum atomic E-state index is 5.79. The van der Waals surface area contributed by atoms with E-state index < -0.39 is 0 Å². The Balaban J connectivity index is 2.27. The zero-order valence-corrected chi connectivity index (χ0v) is 10.3. The number of aromatic nitrogens is 1. The van der Waals surface area contributed by atoms with Crippen LogP contribution in [0.15, 0.2) is 17.2 Å². The molecule has 1 aliphatic rings. The molecule has 13 heavy (non-hydrogen) atoms. The van der Waals surface area contributed by atoms with Crippen molar-refractivity contribution in [1.29, 1.82) is 0 Å². The van der Waals surface area contributed by atoms with E-state index >= 15 is 0 Å². The molecule has 0 spiro atoms. The predicted molar refractivity (Wildman–Crippen MR) is 62.4 cm³/mol. The molecule has 1 aliphatic carbocycles. The van der Waals surface area contributed by atoms with Gasteiger partial charge in [0, 0.05) is 6.20 Å². The Bertz CT molecular complexity index is 314. The fourth-order valence-corrected chi connectivity index (χ4v) is 2.31. The van der Waals surface area contributed by atoms with Crippen LogP contribution in [0.4, 0.5) is 0 Å². The summed E-state index contributed by atoms with van der Waals surface area (Å²) in [5.41, 5.74) is 0. The van der Waals surface area contributed by atoms with Crippen LogP contribution in [0.5, 0.6) is 5.75 Å². The second-order valence-corrected chi connectivity index (χ2v) is 4.82. The van der Waals surface area contributed by atoms with Gasteiger partial charge in [-0.2, -0.15) is 0 Å². The Morgan fingerprint density at radius 3 is 3.00 bits per heavy atom. The fraction of sp³-hybridized carbons (Fsp3) is 0.444. The normalized spacial score (nSPS) is 15.8. The van der Waals surface area contributed by atoms with Gasteiger partial charge in [0.15, 0.2) is 5.75 Å². The van der Waals surface area contributed by atoms with Crippen LogP contribution in [0.2, 0.25) is 0 Å². The van der Waals surface area contributed by atoms with Gasteiger partial charge in [0.1, 0.15) is 3.70 Å².